The summed E-state index contributed by atoms with van der Waals surface area (Å²) in [6.45, 7) is 6.00. The third-order valence-corrected chi connectivity index (χ3v) is 8.65. The molecule has 2 aromatic rings. The van der Waals surface area contributed by atoms with Crippen molar-refractivity contribution in [3.05, 3.63) is 53.2 Å². The van der Waals surface area contributed by atoms with E-state index in [-0.39, 0.29) is 29.7 Å². The van der Waals surface area contributed by atoms with Gasteiger partial charge in [0.05, 0.1) is 5.41 Å². The molecule has 38 heavy (non-hydrogen) atoms. The highest BCUT2D eigenvalue weighted by Crippen LogP contribution is 2.47. The van der Waals surface area contributed by atoms with Gasteiger partial charge >= 0.3 is 0 Å². The summed E-state index contributed by atoms with van der Waals surface area (Å²) in [7, 11) is 0. The molecule has 4 aliphatic rings. The monoisotopic (exact) mass is 513 g/mol. The molecule has 6 rings (SSSR count). The van der Waals surface area contributed by atoms with Crippen molar-refractivity contribution in [2.24, 2.45) is 10.4 Å². The van der Waals surface area contributed by atoms with Crippen LogP contribution >= 0.6 is 0 Å². The minimum absolute atomic E-state index is 0.0234. The Kier molecular flexibility index (Phi) is 5.70. The molecule has 2 aliphatic carbocycles. The lowest BCUT2D eigenvalue weighted by molar-refractivity contribution is -0.133. The van der Waals surface area contributed by atoms with Crippen LogP contribution in [-0.4, -0.2) is 45.5 Å². The smallest absolute Gasteiger partial charge is 0.270 e. The van der Waals surface area contributed by atoms with Gasteiger partial charge in [-0.3, -0.25) is 19.4 Å². The molecule has 2 spiro atoms. The Morgan fingerprint density at radius 3 is 2.53 bits per heavy atom. The number of benzene rings is 1. The molecule has 2 aliphatic heterocycles. The second-order valence-electron chi connectivity index (χ2n) is 12.3. The molecule has 1 unspecified atom stereocenters. The first-order valence-corrected chi connectivity index (χ1v) is 13.7. The number of pyridine rings is 1. The van der Waals surface area contributed by atoms with Crippen molar-refractivity contribution in [2.45, 2.75) is 83.2 Å². The van der Waals surface area contributed by atoms with Gasteiger partial charge in [-0.2, -0.15) is 0 Å². The predicted molar refractivity (Wildman–Crippen MR) is 146 cm³/mol. The molecule has 1 atom stereocenters. The molecule has 1 saturated carbocycles. The van der Waals surface area contributed by atoms with Crippen LogP contribution in [0.4, 0.5) is 11.5 Å². The molecule has 8 heteroatoms. The number of carbonyl (C=O) groups excluding carboxylic acids is 3. The molecule has 3 amide bonds. The van der Waals surface area contributed by atoms with Gasteiger partial charge in [0.1, 0.15) is 23.7 Å². The van der Waals surface area contributed by atoms with Gasteiger partial charge in [-0.05, 0) is 67.9 Å². The third-order valence-electron chi connectivity index (χ3n) is 8.65. The first-order chi connectivity index (χ1) is 18.1. The minimum atomic E-state index is -0.650. The average Bonchev–Trinajstić information content (AvgIpc) is 3.38. The Bertz CT molecular complexity index is 1370. The van der Waals surface area contributed by atoms with Gasteiger partial charge in [-0.25, -0.2) is 4.98 Å². The van der Waals surface area contributed by atoms with Crippen LogP contribution in [0.5, 0.6) is 0 Å². The fourth-order valence-electron chi connectivity index (χ4n) is 6.71. The predicted octanol–water partition coefficient (Wildman–Crippen LogP) is 4.39. The second-order valence-corrected chi connectivity index (χ2v) is 12.3. The van der Waals surface area contributed by atoms with Crippen LogP contribution in [0.3, 0.4) is 0 Å². The highest BCUT2D eigenvalue weighted by molar-refractivity contribution is 6.42. The van der Waals surface area contributed by atoms with Crippen molar-refractivity contribution < 1.29 is 14.4 Å². The van der Waals surface area contributed by atoms with Gasteiger partial charge in [-0.15, -0.1) is 0 Å². The molecule has 0 radical (unpaired) electrons. The summed E-state index contributed by atoms with van der Waals surface area (Å²) in [4.78, 5) is 50.9. The zero-order valence-electron chi connectivity index (χ0n) is 22.4. The maximum absolute atomic E-state index is 13.5. The maximum Gasteiger partial charge on any atom is 0.270 e. The number of aromatic nitrogens is 1. The largest absolute Gasteiger partial charge is 0.325 e. The van der Waals surface area contributed by atoms with Crippen molar-refractivity contribution in [1.82, 2.24) is 9.88 Å². The van der Waals surface area contributed by atoms with Crippen molar-refractivity contribution in [3.8, 4) is 0 Å². The SMILES string of the molecule is CC(C)(C)C1=NC2(CCCCCC2)N(CC(=O)Nc2ccc3c(c2)CC2(C3)C(=O)Nc3ncccc32)C1=O. The maximum atomic E-state index is 13.5. The van der Waals surface area contributed by atoms with E-state index in [0.717, 1.165) is 55.2 Å². The van der Waals surface area contributed by atoms with E-state index in [2.05, 4.69) is 15.6 Å². The quantitative estimate of drug-likeness (QED) is 0.635. The molecule has 198 valence electrons. The minimum Gasteiger partial charge on any atom is -0.325 e. The van der Waals surface area contributed by atoms with Crippen molar-refractivity contribution in [1.29, 1.82) is 0 Å². The normalized spacial score (nSPS) is 23.8. The Hall–Kier alpha value is -3.55. The first kappa shape index (κ1) is 24.8. The highest BCUT2D eigenvalue weighted by Gasteiger charge is 2.52. The van der Waals surface area contributed by atoms with Crippen LogP contribution in [0.1, 0.15) is 76.0 Å². The number of nitrogens with one attached hydrogen (secondary N) is 2. The summed E-state index contributed by atoms with van der Waals surface area (Å²) >= 11 is 0. The molecular weight excluding hydrogens is 478 g/mol. The zero-order chi connectivity index (χ0) is 26.7. The molecule has 1 aromatic carbocycles. The molecule has 3 heterocycles. The number of anilines is 2. The summed E-state index contributed by atoms with van der Waals surface area (Å²) in [5.41, 5.74) is 2.68. The van der Waals surface area contributed by atoms with Crippen LogP contribution in [0.15, 0.2) is 41.5 Å². The summed E-state index contributed by atoms with van der Waals surface area (Å²) in [6.07, 6.45) is 8.72. The molecule has 0 saturated heterocycles. The second kappa shape index (κ2) is 8.75. The van der Waals surface area contributed by atoms with Crippen LogP contribution in [0.2, 0.25) is 0 Å². The summed E-state index contributed by atoms with van der Waals surface area (Å²) < 4.78 is 0. The molecule has 0 bridgehead atoms. The van der Waals surface area contributed by atoms with Crippen LogP contribution < -0.4 is 10.6 Å². The lowest BCUT2D eigenvalue weighted by atomic mass is 9.79. The van der Waals surface area contributed by atoms with E-state index in [1.165, 1.54) is 0 Å². The van der Waals surface area contributed by atoms with Gasteiger partial charge in [-0.1, -0.05) is 45.7 Å². The molecule has 8 nitrogen and oxygen atoms in total. The van der Waals surface area contributed by atoms with Gasteiger partial charge in [0.25, 0.3) is 5.91 Å². The highest BCUT2D eigenvalue weighted by atomic mass is 16.2. The zero-order valence-corrected chi connectivity index (χ0v) is 22.4. The first-order valence-electron chi connectivity index (χ1n) is 13.7. The Morgan fingerprint density at radius 2 is 1.79 bits per heavy atom. The van der Waals surface area contributed by atoms with E-state index in [9.17, 15) is 14.4 Å². The fraction of sp³-hybridized carbons (Fsp3) is 0.500. The molecule has 2 N–H and O–H groups in total. The van der Waals surface area contributed by atoms with Crippen molar-refractivity contribution in [2.75, 3.05) is 17.2 Å². The lowest BCUT2D eigenvalue weighted by Crippen LogP contribution is -2.50. The van der Waals surface area contributed by atoms with Crippen LogP contribution in [0.25, 0.3) is 0 Å². The number of aliphatic imine (C=N–C) groups is 1. The van der Waals surface area contributed by atoms with Gasteiger partial charge in [0, 0.05) is 22.9 Å². The summed E-state index contributed by atoms with van der Waals surface area (Å²) in [5.74, 6) is 0.264. The number of carbonyl (C=O) groups is 3. The third kappa shape index (κ3) is 3.92. The standard InChI is InChI=1S/C30H35N5O3/c1-28(2,3)24-26(37)35(30(34-24)12-6-4-5-7-13-30)18-23(36)32-21-11-10-19-16-29(17-20(19)15-21)22-9-8-14-31-25(22)33-27(29)38/h8-11,14-15H,4-7,12-13,16-18H2,1-3H3,(H,32,36)(H,31,33,38). The number of fused-ring (bicyclic) bond motifs is 3. The summed E-state index contributed by atoms with van der Waals surface area (Å²) in [6, 6.07) is 9.69. The van der Waals surface area contributed by atoms with E-state index in [1.807, 2.05) is 51.1 Å². The van der Waals surface area contributed by atoms with Crippen molar-refractivity contribution >= 4 is 34.9 Å². The van der Waals surface area contributed by atoms with Gasteiger partial charge in [0.2, 0.25) is 11.8 Å². The Morgan fingerprint density at radius 1 is 1.05 bits per heavy atom. The van der Waals surface area contributed by atoms with Crippen LogP contribution in [-0.2, 0) is 32.6 Å². The summed E-state index contributed by atoms with van der Waals surface area (Å²) in [5, 5.41) is 5.96. The number of nitrogens with zero attached hydrogens (tertiary/aromatic N) is 3. The number of hydrogen-bond donors (Lipinski definition) is 2. The molecule has 1 fully saturated rings. The Balaban J connectivity index is 1.21. The van der Waals surface area contributed by atoms with Gasteiger partial charge < -0.3 is 15.5 Å². The fourth-order valence-corrected chi connectivity index (χ4v) is 6.71. The lowest BCUT2D eigenvalue weighted by Gasteiger charge is -2.35. The van der Waals surface area contributed by atoms with E-state index in [4.69, 9.17) is 4.99 Å². The average molecular weight is 514 g/mol. The van der Waals surface area contributed by atoms with E-state index in [1.54, 1.807) is 11.1 Å². The Labute approximate surface area is 223 Å². The van der Waals surface area contributed by atoms with E-state index >= 15 is 0 Å². The number of amides is 3. The van der Waals surface area contributed by atoms with Gasteiger partial charge in [0.15, 0.2) is 0 Å². The van der Waals surface area contributed by atoms with Crippen molar-refractivity contribution in [3.63, 3.8) is 0 Å². The van der Waals surface area contributed by atoms with E-state index in [0.29, 0.717) is 30.1 Å². The topological polar surface area (TPSA) is 104 Å². The number of rotatable bonds is 3. The molecular formula is C30H35N5O3. The number of hydrogen-bond acceptors (Lipinski definition) is 5. The molecule has 1 aromatic heterocycles. The van der Waals surface area contributed by atoms with E-state index < -0.39 is 11.1 Å². The van der Waals surface area contributed by atoms with Crippen LogP contribution in [0, 0.1) is 5.41 Å².